The molecule has 0 aliphatic carbocycles. The lowest BCUT2D eigenvalue weighted by atomic mass is 10.2. The number of carbonyl (C=O) groups is 1. The molecule has 1 aromatic carbocycles. The van der Waals surface area contributed by atoms with Crippen LogP contribution in [0.1, 0.15) is 6.92 Å². The number of hydrogen-bond donors (Lipinski definition) is 1. The Kier molecular flexibility index (Phi) is 6.02. The first-order valence-electron chi connectivity index (χ1n) is 7.14. The van der Waals surface area contributed by atoms with E-state index in [1.165, 1.54) is 0 Å². The fraction of sp³-hybridized carbons (Fsp3) is 0.533. The lowest BCUT2D eigenvalue weighted by molar-refractivity contribution is -0.143. The minimum Gasteiger partial charge on any atom is -0.492 e. The van der Waals surface area contributed by atoms with E-state index < -0.39 is 12.0 Å². The third kappa shape index (κ3) is 4.98. The lowest BCUT2D eigenvalue weighted by Gasteiger charge is -2.36. The zero-order valence-corrected chi connectivity index (χ0v) is 13.8. The lowest BCUT2D eigenvalue weighted by Crippen LogP contribution is -2.52. The van der Waals surface area contributed by atoms with E-state index in [2.05, 4.69) is 20.8 Å². The van der Waals surface area contributed by atoms with E-state index in [9.17, 15) is 4.79 Å². The molecule has 1 atom stereocenters. The Balaban J connectivity index is 1.68. The van der Waals surface area contributed by atoms with E-state index in [1.807, 2.05) is 29.2 Å². The first-order valence-corrected chi connectivity index (χ1v) is 7.93. The van der Waals surface area contributed by atoms with Gasteiger partial charge in [0.05, 0.1) is 0 Å². The highest BCUT2D eigenvalue weighted by Gasteiger charge is 2.24. The summed E-state index contributed by atoms with van der Waals surface area (Å²) in [6.45, 7) is 6.62. The summed E-state index contributed by atoms with van der Waals surface area (Å²) < 4.78 is 6.73. The Hall–Kier alpha value is -1.11. The predicted octanol–water partition coefficient (Wildman–Crippen LogP) is 1.92. The Morgan fingerprint density at radius 3 is 2.71 bits per heavy atom. The van der Waals surface area contributed by atoms with Crippen LogP contribution in [-0.2, 0) is 4.79 Å². The first-order chi connectivity index (χ1) is 10.1. The predicted molar refractivity (Wildman–Crippen MR) is 84.7 cm³/mol. The van der Waals surface area contributed by atoms with Crippen LogP contribution in [0.25, 0.3) is 0 Å². The summed E-state index contributed by atoms with van der Waals surface area (Å²) in [6.07, 6.45) is 0. The van der Waals surface area contributed by atoms with E-state index in [0.717, 1.165) is 42.9 Å². The number of carboxylic acid groups (broad SMARTS) is 1. The van der Waals surface area contributed by atoms with Crippen LogP contribution in [0.4, 0.5) is 0 Å². The maximum absolute atomic E-state index is 11.0. The van der Waals surface area contributed by atoms with E-state index >= 15 is 0 Å². The van der Waals surface area contributed by atoms with Gasteiger partial charge in [-0.2, -0.15) is 0 Å². The monoisotopic (exact) mass is 356 g/mol. The van der Waals surface area contributed by atoms with Crippen LogP contribution in [0, 0.1) is 0 Å². The van der Waals surface area contributed by atoms with Crippen molar-refractivity contribution in [3.8, 4) is 5.75 Å². The van der Waals surface area contributed by atoms with Crippen LogP contribution >= 0.6 is 15.9 Å². The molecule has 1 N–H and O–H groups in total. The van der Waals surface area contributed by atoms with Crippen LogP contribution in [0.2, 0.25) is 0 Å². The number of hydrogen-bond acceptors (Lipinski definition) is 4. The summed E-state index contributed by atoms with van der Waals surface area (Å²) in [5.41, 5.74) is 0. The minimum atomic E-state index is -0.749. The molecule has 0 saturated carbocycles. The summed E-state index contributed by atoms with van der Waals surface area (Å²) in [7, 11) is 0. The van der Waals surface area contributed by atoms with Crippen molar-refractivity contribution in [3.05, 3.63) is 28.7 Å². The van der Waals surface area contributed by atoms with Gasteiger partial charge in [-0.3, -0.25) is 14.6 Å². The van der Waals surface area contributed by atoms with Crippen molar-refractivity contribution in [2.24, 2.45) is 0 Å². The maximum atomic E-state index is 11.0. The van der Waals surface area contributed by atoms with Crippen LogP contribution < -0.4 is 4.74 Å². The molecule has 1 aliphatic heterocycles. The number of nitrogens with zero attached hydrogens (tertiary/aromatic N) is 2. The van der Waals surface area contributed by atoms with E-state index in [-0.39, 0.29) is 0 Å². The normalized spacial score (nSPS) is 18.4. The van der Waals surface area contributed by atoms with Crippen LogP contribution in [0.5, 0.6) is 5.75 Å². The fourth-order valence-electron chi connectivity index (χ4n) is 2.38. The zero-order valence-electron chi connectivity index (χ0n) is 12.2. The van der Waals surface area contributed by atoms with E-state index in [0.29, 0.717) is 6.61 Å². The molecule has 1 fully saturated rings. The Bertz CT molecular complexity index is 476. The summed E-state index contributed by atoms with van der Waals surface area (Å²) in [6, 6.07) is 7.41. The second-order valence-electron chi connectivity index (χ2n) is 5.20. The van der Waals surface area contributed by atoms with Crippen LogP contribution in [0.15, 0.2) is 28.7 Å². The molecule has 0 radical (unpaired) electrons. The molecule has 1 saturated heterocycles. The van der Waals surface area contributed by atoms with Gasteiger partial charge in [0, 0.05) is 37.2 Å². The molecule has 2 rings (SSSR count). The van der Waals surface area contributed by atoms with E-state index in [4.69, 9.17) is 9.84 Å². The number of halogens is 1. The maximum Gasteiger partial charge on any atom is 0.320 e. The van der Waals surface area contributed by atoms with Gasteiger partial charge in [-0.25, -0.2) is 0 Å². The van der Waals surface area contributed by atoms with Crippen molar-refractivity contribution in [1.82, 2.24) is 9.80 Å². The second-order valence-corrected chi connectivity index (χ2v) is 6.11. The average molecular weight is 357 g/mol. The highest BCUT2D eigenvalue weighted by molar-refractivity contribution is 9.10. The Morgan fingerprint density at radius 2 is 2.10 bits per heavy atom. The molecular weight excluding hydrogens is 336 g/mol. The topological polar surface area (TPSA) is 53.0 Å². The van der Waals surface area contributed by atoms with Crippen LogP contribution in [0.3, 0.4) is 0 Å². The van der Waals surface area contributed by atoms with Gasteiger partial charge in [-0.15, -0.1) is 0 Å². The number of benzene rings is 1. The van der Waals surface area contributed by atoms with Crippen molar-refractivity contribution >= 4 is 21.9 Å². The second kappa shape index (κ2) is 7.77. The summed E-state index contributed by atoms with van der Waals surface area (Å²) >= 11 is 3.42. The zero-order chi connectivity index (χ0) is 15.2. The molecule has 0 bridgehead atoms. The highest BCUT2D eigenvalue weighted by Crippen LogP contribution is 2.17. The SMILES string of the molecule is CC(C(=O)O)N1CCN(CCOc2cccc(Br)c2)CC1. The molecule has 0 spiro atoms. The number of piperazine rings is 1. The van der Waals surface area contributed by atoms with Gasteiger partial charge in [0.1, 0.15) is 18.4 Å². The quantitative estimate of drug-likeness (QED) is 0.843. The summed E-state index contributed by atoms with van der Waals surface area (Å²) in [5, 5.41) is 9.01. The van der Waals surface area contributed by atoms with Gasteiger partial charge in [-0.1, -0.05) is 22.0 Å². The van der Waals surface area contributed by atoms with Crippen molar-refractivity contribution in [3.63, 3.8) is 0 Å². The molecule has 1 aliphatic rings. The number of rotatable bonds is 6. The molecule has 21 heavy (non-hydrogen) atoms. The van der Waals surface area contributed by atoms with Gasteiger partial charge in [-0.05, 0) is 25.1 Å². The molecule has 0 amide bonds. The average Bonchev–Trinajstić information content (AvgIpc) is 2.47. The number of aliphatic carboxylic acids is 1. The number of carboxylic acids is 1. The van der Waals surface area contributed by atoms with E-state index in [1.54, 1.807) is 6.92 Å². The van der Waals surface area contributed by atoms with Crippen molar-refractivity contribution in [2.45, 2.75) is 13.0 Å². The van der Waals surface area contributed by atoms with Gasteiger partial charge in [0.2, 0.25) is 0 Å². The molecule has 6 heteroatoms. The molecule has 0 aromatic heterocycles. The van der Waals surface area contributed by atoms with Gasteiger partial charge < -0.3 is 9.84 Å². The summed E-state index contributed by atoms with van der Waals surface area (Å²) in [4.78, 5) is 15.3. The van der Waals surface area contributed by atoms with Gasteiger partial charge in [0.25, 0.3) is 0 Å². The van der Waals surface area contributed by atoms with Gasteiger partial charge >= 0.3 is 5.97 Å². The van der Waals surface area contributed by atoms with Gasteiger partial charge in [0.15, 0.2) is 0 Å². The van der Waals surface area contributed by atoms with Crippen LogP contribution in [-0.4, -0.2) is 66.2 Å². The highest BCUT2D eigenvalue weighted by atomic mass is 79.9. The minimum absolute atomic E-state index is 0.398. The molecule has 1 heterocycles. The van der Waals surface area contributed by atoms with Crippen molar-refractivity contribution in [1.29, 1.82) is 0 Å². The largest absolute Gasteiger partial charge is 0.492 e. The fourth-order valence-corrected chi connectivity index (χ4v) is 2.76. The third-order valence-corrected chi connectivity index (χ3v) is 4.28. The molecule has 1 unspecified atom stereocenters. The smallest absolute Gasteiger partial charge is 0.320 e. The number of ether oxygens (including phenoxy) is 1. The first kappa shape index (κ1) is 16.3. The molecular formula is C15H21BrN2O3. The molecule has 5 nitrogen and oxygen atoms in total. The third-order valence-electron chi connectivity index (χ3n) is 3.78. The molecule has 1 aromatic rings. The standard InChI is InChI=1S/C15H21BrN2O3/c1-12(15(19)20)18-7-5-17(6-8-18)9-10-21-14-4-2-3-13(16)11-14/h2-4,11-12H,5-10H2,1H3,(H,19,20). The van der Waals surface area contributed by atoms with Crippen molar-refractivity contribution in [2.75, 3.05) is 39.3 Å². The Morgan fingerprint density at radius 1 is 1.38 bits per heavy atom. The summed E-state index contributed by atoms with van der Waals surface area (Å²) in [5.74, 6) is 0.115. The van der Waals surface area contributed by atoms with Crippen molar-refractivity contribution < 1.29 is 14.6 Å². The Labute approximate surface area is 133 Å². The molecule has 116 valence electrons.